The van der Waals surface area contributed by atoms with Crippen LogP contribution in [0.3, 0.4) is 0 Å². The highest BCUT2D eigenvalue weighted by Gasteiger charge is 2.06. The summed E-state index contributed by atoms with van der Waals surface area (Å²) in [5.41, 5.74) is 1.46. The summed E-state index contributed by atoms with van der Waals surface area (Å²) >= 11 is 7.99. The van der Waals surface area contributed by atoms with Crippen LogP contribution in [0.15, 0.2) is 16.8 Å². The number of halogens is 1. The minimum Gasteiger partial charge on any atom is -0.152 e. The Hall–Kier alpha value is -0.0100. The van der Waals surface area contributed by atoms with E-state index in [0.717, 1.165) is 18.8 Å². The van der Waals surface area contributed by atoms with Crippen molar-refractivity contribution < 1.29 is 0 Å². The Bertz CT molecular complexity index is 228. The van der Waals surface area contributed by atoms with Crippen molar-refractivity contribution in [1.82, 2.24) is 0 Å². The van der Waals surface area contributed by atoms with Gasteiger partial charge in [0, 0.05) is 5.38 Å². The summed E-state index contributed by atoms with van der Waals surface area (Å²) in [6, 6.07) is 2.20. The molecule has 0 fully saturated rings. The van der Waals surface area contributed by atoms with Crippen LogP contribution < -0.4 is 0 Å². The van der Waals surface area contributed by atoms with Crippen molar-refractivity contribution in [1.29, 1.82) is 0 Å². The molecule has 0 aliphatic carbocycles. The highest BCUT2D eigenvalue weighted by molar-refractivity contribution is 7.07. The maximum absolute atomic E-state index is 6.22. The second-order valence-electron chi connectivity index (χ2n) is 4.25. The van der Waals surface area contributed by atoms with E-state index in [4.69, 9.17) is 11.6 Å². The molecule has 1 atom stereocenters. The van der Waals surface area contributed by atoms with Crippen LogP contribution in [0.4, 0.5) is 0 Å². The molecule has 0 bridgehead atoms. The van der Waals surface area contributed by atoms with Crippen molar-refractivity contribution in [3.8, 4) is 0 Å². The zero-order valence-corrected chi connectivity index (χ0v) is 10.6. The lowest BCUT2D eigenvalue weighted by molar-refractivity contribution is 0.534. The van der Waals surface area contributed by atoms with Gasteiger partial charge in [-0.2, -0.15) is 11.3 Å². The van der Waals surface area contributed by atoms with Gasteiger partial charge >= 0.3 is 0 Å². The van der Waals surface area contributed by atoms with Crippen molar-refractivity contribution >= 4 is 22.9 Å². The lowest BCUT2D eigenvalue weighted by Gasteiger charge is -2.11. The highest BCUT2D eigenvalue weighted by Crippen LogP contribution is 2.18. The van der Waals surface area contributed by atoms with Gasteiger partial charge in [-0.3, -0.25) is 0 Å². The summed E-state index contributed by atoms with van der Waals surface area (Å²) < 4.78 is 0. The maximum Gasteiger partial charge on any atom is 0.0338 e. The molecular weight excluding hydrogens is 212 g/mol. The van der Waals surface area contributed by atoms with Crippen LogP contribution in [-0.4, -0.2) is 5.38 Å². The third kappa shape index (κ3) is 5.02. The Morgan fingerprint density at radius 2 is 2.21 bits per heavy atom. The van der Waals surface area contributed by atoms with E-state index in [0.29, 0.717) is 5.38 Å². The Morgan fingerprint density at radius 1 is 1.43 bits per heavy atom. The summed E-state index contributed by atoms with van der Waals surface area (Å²) in [5, 5.41) is 4.74. The van der Waals surface area contributed by atoms with Crippen LogP contribution in [0.1, 0.15) is 38.7 Å². The minimum atomic E-state index is 0.369. The van der Waals surface area contributed by atoms with E-state index >= 15 is 0 Å². The van der Waals surface area contributed by atoms with Crippen LogP contribution in [0.5, 0.6) is 0 Å². The Morgan fingerprint density at radius 3 is 2.79 bits per heavy atom. The molecule has 0 aromatic carbocycles. The van der Waals surface area contributed by atoms with E-state index in [-0.39, 0.29) is 0 Å². The molecule has 0 aliphatic heterocycles. The van der Waals surface area contributed by atoms with Crippen LogP contribution in [0.2, 0.25) is 0 Å². The Labute approximate surface area is 96.3 Å². The first-order chi connectivity index (χ1) is 6.68. The number of hydrogen-bond acceptors (Lipinski definition) is 1. The fourth-order valence-electron chi connectivity index (χ4n) is 1.59. The molecule has 0 radical (unpaired) electrons. The molecule has 0 saturated heterocycles. The standard InChI is InChI=1S/C12H19ClS/c1-10(2)8-12(13)5-3-4-11-6-7-14-9-11/h6-7,9-10,12H,3-5,8H2,1-2H3. The van der Waals surface area contributed by atoms with Crippen molar-refractivity contribution in [2.24, 2.45) is 5.92 Å². The van der Waals surface area contributed by atoms with E-state index in [9.17, 15) is 0 Å². The molecule has 0 spiro atoms. The lowest BCUT2D eigenvalue weighted by Crippen LogP contribution is -2.03. The number of alkyl halides is 1. The molecule has 1 heterocycles. The third-order valence-corrected chi connectivity index (χ3v) is 3.42. The summed E-state index contributed by atoms with van der Waals surface area (Å²) in [7, 11) is 0. The van der Waals surface area contributed by atoms with Gasteiger partial charge in [-0.15, -0.1) is 11.6 Å². The number of hydrogen-bond donors (Lipinski definition) is 0. The van der Waals surface area contributed by atoms with Gasteiger partial charge in [-0.1, -0.05) is 13.8 Å². The average Bonchev–Trinajstić information content (AvgIpc) is 2.55. The fraction of sp³-hybridized carbons (Fsp3) is 0.667. The monoisotopic (exact) mass is 230 g/mol. The summed E-state index contributed by atoms with van der Waals surface area (Å²) in [6.45, 7) is 4.46. The molecule has 1 rings (SSSR count). The first-order valence-corrected chi connectivity index (χ1v) is 6.71. The first kappa shape index (κ1) is 12.1. The molecule has 0 N–H and O–H groups in total. The van der Waals surface area contributed by atoms with Gasteiger partial charge in [-0.05, 0) is 54.0 Å². The molecule has 1 unspecified atom stereocenters. The molecule has 1 aromatic heterocycles. The number of aryl methyl sites for hydroxylation is 1. The Balaban J connectivity index is 2.09. The summed E-state index contributed by atoms with van der Waals surface area (Å²) in [6.07, 6.45) is 4.70. The van der Waals surface area contributed by atoms with E-state index in [1.165, 1.54) is 18.4 Å². The van der Waals surface area contributed by atoms with Crippen LogP contribution in [0.25, 0.3) is 0 Å². The van der Waals surface area contributed by atoms with Gasteiger partial charge in [0.05, 0.1) is 0 Å². The van der Waals surface area contributed by atoms with Crippen molar-refractivity contribution in [2.45, 2.75) is 44.9 Å². The molecule has 0 amide bonds. The highest BCUT2D eigenvalue weighted by atomic mass is 35.5. The van der Waals surface area contributed by atoms with Gasteiger partial charge < -0.3 is 0 Å². The molecule has 0 saturated carbocycles. The van der Waals surface area contributed by atoms with Crippen molar-refractivity contribution in [3.63, 3.8) is 0 Å². The minimum absolute atomic E-state index is 0.369. The molecule has 2 heteroatoms. The number of thiophene rings is 1. The zero-order valence-electron chi connectivity index (χ0n) is 9.00. The van der Waals surface area contributed by atoms with Crippen molar-refractivity contribution in [3.05, 3.63) is 22.4 Å². The lowest BCUT2D eigenvalue weighted by atomic mass is 10.0. The predicted octanol–water partition coefficient (Wildman–Crippen LogP) is 4.72. The second-order valence-corrected chi connectivity index (χ2v) is 5.65. The second kappa shape index (κ2) is 6.47. The zero-order chi connectivity index (χ0) is 10.4. The summed E-state index contributed by atoms with van der Waals surface area (Å²) in [4.78, 5) is 0. The van der Waals surface area contributed by atoms with Gasteiger partial charge in [0.15, 0.2) is 0 Å². The predicted molar refractivity (Wildman–Crippen MR) is 66.4 cm³/mol. The van der Waals surface area contributed by atoms with Gasteiger partial charge in [0.1, 0.15) is 0 Å². The van der Waals surface area contributed by atoms with Crippen LogP contribution in [0, 0.1) is 5.92 Å². The number of rotatable bonds is 6. The molecule has 1 aromatic rings. The van der Waals surface area contributed by atoms with E-state index in [2.05, 4.69) is 30.7 Å². The van der Waals surface area contributed by atoms with Crippen LogP contribution >= 0.6 is 22.9 Å². The van der Waals surface area contributed by atoms with Gasteiger partial charge in [0.25, 0.3) is 0 Å². The summed E-state index contributed by atoms with van der Waals surface area (Å²) in [5.74, 6) is 0.721. The van der Waals surface area contributed by atoms with Gasteiger partial charge in [-0.25, -0.2) is 0 Å². The van der Waals surface area contributed by atoms with Crippen LogP contribution in [-0.2, 0) is 6.42 Å². The Kier molecular flexibility index (Phi) is 5.57. The van der Waals surface area contributed by atoms with Gasteiger partial charge in [0.2, 0.25) is 0 Å². The smallest absolute Gasteiger partial charge is 0.0338 e. The van der Waals surface area contributed by atoms with E-state index in [1.807, 2.05) is 0 Å². The largest absolute Gasteiger partial charge is 0.152 e. The molecule has 80 valence electrons. The SMILES string of the molecule is CC(C)CC(Cl)CCCc1ccsc1. The van der Waals surface area contributed by atoms with E-state index in [1.54, 1.807) is 11.3 Å². The molecule has 0 aliphatic rings. The fourth-order valence-corrected chi connectivity index (χ4v) is 2.81. The normalized spacial score (nSPS) is 13.4. The average molecular weight is 231 g/mol. The topological polar surface area (TPSA) is 0 Å². The molecule has 14 heavy (non-hydrogen) atoms. The first-order valence-electron chi connectivity index (χ1n) is 5.33. The third-order valence-electron chi connectivity index (χ3n) is 2.29. The van der Waals surface area contributed by atoms with E-state index < -0.39 is 0 Å². The quantitative estimate of drug-likeness (QED) is 0.621. The maximum atomic E-state index is 6.22. The van der Waals surface area contributed by atoms with Crippen molar-refractivity contribution in [2.75, 3.05) is 0 Å². The molecule has 0 nitrogen and oxygen atoms in total. The molecular formula is C12H19ClS.